The largest absolute Gasteiger partial charge is 0.338 e. The van der Waals surface area contributed by atoms with Gasteiger partial charge in [0.1, 0.15) is 28.2 Å². The van der Waals surface area contributed by atoms with Crippen molar-refractivity contribution < 1.29 is 26.4 Å². The van der Waals surface area contributed by atoms with Crippen molar-refractivity contribution in [3.8, 4) is 0 Å². The zero-order valence-corrected chi connectivity index (χ0v) is 28.7. The van der Waals surface area contributed by atoms with Crippen LogP contribution in [0.3, 0.4) is 0 Å². The highest BCUT2D eigenvalue weighted by molar-refractivity contribution is 7.89. The molecule has 4 aromatic rings. The summed E-state index contributed by atoms with van der Waals surface area (Å²) in [6.45, 7) is 5.02. The lowest BCUT2D eigenvalue weighted by Crippen LogP contribution is -2.49. The summed E-state index contributed by atoms with van der Waals surface area (Å²) in [4.78, 5) is 21.8. The Morgan fingerprint density at radius 2 is 1.65 bits per heavy atom. The lowest BCUT2D eigenvalue weighted by Gasteiger charge is -2.45. The third kappa shape index (κ3) is 6.27. The molecule has 3 atom stereocenters. The van der Waals surface area contributed by atoms with E-state index in [1.54, 1.807) is 19.1 Å². The van der Waals surface area contributed by atoms with Crippen LogP contribution in [0.5, 0.6) is 0 Å². The summed E-state index contributed by atoms with van der Waals surface area (Å²) in [6, 6.07) is 17.5. The van der Waals surface area contributed by atoms with Crippen molar-refractivity contribution in [1.82, 2.24) is 24.1 Å². The first-order chi connectivity index (χ1) is 23.5. The monoisotopic (exact) mass is 693 g/mol. The Labute approximate surface area is 285 Å². The van der Waals surface area contributed by atoms with Gasteiger partial charge in [0.05, 0.1) is 16.6 Å². The predicted molar refractivity (Wildman–Crippen MR) is 181 cm³/mol. The maximum atomic E-state index is 14.9. The fourth-order valence-electron chi connectivity index (χ4n) is 8.77. The number of aryl methyl sites for hydroxylation is 1. The molecule has 0 radical (unpaired) electrons. The maximum absolute atomic E-state index is 14.9. The van der Waals surface area contributed by atoms with Crippen LogP contribution in [0, 0.1) is 24.4 Å². The summed E-state index contributed by atoms with van der Waals surface area (Å²) < 4.78 is 73.8. The zero-order valence-electron chi connectivity index (χ0n) is 27.8. The van der Waals surface area contributed by atoms with E-state index >= 15 is 0 Å². The normalized spacial score (nSPS) is 22.6. The standard InChI is InChI=1S/C37H42F3N5O3S/c1-3-41-49(47,48)35-22-30(31(39)23-32(35)40)36(46)43-16-13-37(14-17-43,25-7-6-8-26(38)19-25)15-18-44-27-11-12-28(44)21-29(20-27)45-24(2)42-33-9-4-5-10-34(33)45/h4-10,19,22-23,27-29,41H,3,11-18,20-21H2,1-2H3/t27-,28+,29+. The van der Waals surface area contributed by atoms with Crippen LogP contribution in [0.25, 0.3) is 11.0 Å². The second-order valence-corrected chi connectivity index (χ2v) is 15.6. The van der Waals surface area contributed by atoms with Crippen molar-refractivity contribution in [3.63, 3.8) is 0 Å². The van der Waals surface area contributed by atoms with Gasteiger partial charge in [0, 0.05) is 43.8 Å². The lowest BCUT2D eigenvalue weighted by molar-refractivity contribution is 0.0602. The van der Waals surface area contributed by atoms with E-state index in [1.807, 2.05) is 12.1 Å². The fraction of sp³-hybridized carbons (Fsp3) is 0.459. The second-order valence-electron chi connectivity index (χ2n) is 13.9. The number of para-hydroxylation sites is 2. The number of fused-ring (bicyclic) bond motifs is 3. The van der Waals surface area contributed by atoms with Gasteiger partial charge in [-0.1, -0.05) is 31.2 Å². The summed E-state index contributed by atoms with van der Waals surface area (Å²) in [6.07, 6.45) is 6.19. The number of halogens is 3. The van der Waals surface area contributed by atoms with E-state index in [2.05, 4.69) is 39.3 Å². The van der Waals surface area contributed by atoms with Crippen molar-refractivity contribution in [2.45, 2.75) is 87.2 Å². The number of piperidine rings is 2. The van der Waals surface area contributed by atoms with Crippen molar-refractivity contribution in [2.75, 3.05) is 26.2 Å². The van der Waals surface area contributed by atoms with Crippen molar-refractivity contribution in [1.29, 1.82) is 0 Å². The Morgan fingerprint density at radius 1 is 0.939 bits per heavy atom. The Bertz CT molecular complexity index is 1980. The molecule has 1 aromatic heterocycles. The molecular formula is C37H42F3N5O3S. The minimum Gasteiger partial charge on any atom is -0.338 e. The minimum absolute atomic E-state index is 0.0116. The molecule has 3 aliphatic rings. The minimum atomic E-state index is -4.26. The number of likely N-dealkylation sites (tertiary alicyclic amines) is 1. The number of benzene rings is 3. The van der Waals surface area contributed by atoms with Gasteiger partial charge in [0.25, 0.3) is 5.91 Å². The predicted octanol–water partition coefficient (Wildman–Crippen LogP) is 6.49. The number of amides is 1. The number of aromatic nitrogens is 2. The molecule has 260 valence electrons. The van der Waals surface area contributed by atoms with Gasteiger partial charge >= 0.3 is 0 Å². The Morgan fingerprint density at radius 3 is 2.35 bits per heavy atom. The zero-order chi connectivity index (χ0) is 34.5. The fourth-order valence-corrected chi connectivity index (χ4v) is 9.89. The van der Waals surface area contributed by atoms with Crippen LogP contribution in [0.15, 0.2) is 65.6 Å². The van der Waals surface area contributed by atoms with E-state index < -0.39 is 43.4 Å². The maximum Gasteiger partial charge on any atom is 0.256 e. The van der Waals surface area contributed by atoms with Crippen molar-refractivity contribution in [2.24, 2.45) is 0 Å². The summed E-state index contributed by atoms with van der Waals surface area (Å²) in [7, 11) is -4.26. The van der Waals surface area contributed by atoms with Gasteiger partial charge in [-0.2, -0.15) is 0 Å². The first kappa shape index (κ1) is 33.7. The molecule has 0 spiro atoms. The van der Waals surface area contributed by atoms with Crippen LogP contribution in [0.2, 0.25) is 0 Å². The number of nitrogens with zero attached hydrogens (tertiary/aromatic N) is 4. The quantitative estimate of drug-likeness (QED) is 0.217. The average Bonchev–Trinajstić information content (AvgIpc) is 3.53. The Balaban J connectivity index is 1.09. The van der Waals surface area contributed by atoms with Gasteiger partial charge < -0.3 is 9.47 Å². The van der Waals surface area contributed by atoms with Crippen LogP contribution in [0.1, 0.15) is 79.7 Å². The van der Waals surface area contributed by atoms with E-state index in [0.717, 1.165) is 61.6 Å². The number of nitrogens with one attached hydrogen (secondary N) is 1. The van der Waals surface area contributed by atoms with Crippen molar-refractivity contribution in [3.05, 3.63) is 95.1 Å². The molecule has 12 heteroatoms. The third-order valence-electron chi connectivity index (χ3n) is 11.2. The molecule has 3 aliphatic heterocycles. The van der Waals surface area contributed by atoms with E-state index in [9.17, 15) is 26.4 Å². The van der Waals surface area contributed by atoms with Gasteiger partial charge in [-0.25, -0.2) is 31.3 Å². The summed E-state index contributed by atoms with van der Waals surface area (Å²) in [5.41, 5.74) is 2.19. The van der Waals surface area contributed by atoms with Gasteiger partial charge in [-0.3, -0.25) is 9.69 Å². The average molecular weight is 694 g/mol. The molecule has 8 nitrogen and oxygen atoms in total. The Hall–Kier alpha value is -3.74. The second kappa shape index (κ2) is 13.2. The van der Waals surface area contributed by atoms with Crippen LogP contribution >= 0.6 is 0 Å². The molecule has 7 rings (SSSR count). The number of imidazole rings is 1. The first-order valence-corrected chi connectivity index (χ1v) is 18.7. The van der Waals surface area contributed by atoms with Gasteiger partial charge in [-0.05, 0) is 99.7 Å². The molecule has 49 heavy (non-hydrogen) atoms. The Kier molecular flexibility index (Phi) is 9.08. The summed E-state index contributed by atoms with van der Waals surface area (Å²) in [5, 5.41) is 0. The van der Waals surface area contributed by atoms with Crippen LogP contribution in [0.4, 0.5) is 13.2 Å². The van der Waals surface area contributed by atoms with Crippen LogP contribution in [-0.2, 0) is 15.4 Å². The van der Waals surface area contributed by atoms with Gasteiger partial charge in [0.15, 0.2) is 0 Å². The summed E-state index contributed by atoms with van der Waals surface area (Å²) in [5.74, 6) is -2.34. The van der Waals surface area contributed by atoms with Crippen LogP contribution < -0.4 is 4.72 Å². The van der Waals surface area contributed by atoms with Gasteiger partial charge in [-0.15, -0.1) is 0 Å². The number of rotatable bonds is 9. The number of hydrogen-bond donors (Lipinski definition) is 1. The third-order valence-corrected chi connectivity index (χ3v) is 12.7. The molecule has 0 unspecified atom stereocenters. The van der Waals surface area contributed by atoms with E-state index in [-0.39, 0.29) is 25.5 Å². The van der Waals surface area contributed by atoms with E-state index in [0.29, 0.717) is 37.0 Å². The molecule has 1 N–H and O–H groups in total. The van der Waals surface area contributed by atoms with Crippen molar-refractivity contribution >= 4 is 27.0 Å². The number of carbonyl (C=O) groups is 1. The summed E-state index contributed by atoms with van der Waals surface area (Å²) >= 11 is 0. The molecular weight excluding hydrogens is 652 g/mol. The number of carbonyl (C=O) groups excluding carboxylic acids is 1. The molecule has 0 saturated carbocycles. The lowest BCUT2D eigenvalue weighted by atomic mass is 9.70. The molecule has 0 aliphatic carbocycles. The highest BCUT2D eigenvalue weighted by Crippen LogP contribution is 2.45. The molecule has 2 bridgehead atoms. The van der Waals surface area contributed by atoms with Crippen LogP contribution in [-0.4, -0.2) is 71.9 Å². The molecule has 3 aromatic carbocycles. The smallest absolute Gasteiger partial charge is 0.256 e. The molecule has 4 heterocycles. The highest BCUT2D eigenvalue weighted by Gasteiger charge is 2.44. The van der Waals surface area contributed by atoms with Gasteiger partial charge in [0.2, 0.25) is 10.0 Å². The number of sulfonamides is 1. The topological polar surface area (TPSA) is 87.5 Å². The SMILES string of the molecule is CCNS(=O)(=O)c1cc(C(=O)N2CCC(CCN3[C@@H]4CC[C@H]3C[C@@H](n3c(C)nc5ccccc53)C4)(c3cccc(F)c3)CC2)c(F)cc1F. The molecule has 1 amide bonds. The molecule has 3 saturated heterocycles. The first-order valence-electron chi connectivity index (χ1n) is 17.2. The number of hydrogen-bond acceptors (Lipinski definition) is 5. The van der Waals surface area contributed by atoms with E-state index in [4.69, 9.17) is 4.98 Å². The molecule has 3 fully saturated rings. The van der Waals surface area contributed by atoms with E-state index in [1.165, 1.54) is 16.5 Å². The highest BCUT2D eigenvalue weighted by atomic mass is 32.2.